The lowest BCUT2D eigenvalue weighted by molar-refractivity contribution is -0.139. The van der Waals surface area contributed by atoms with Crippen LogP contribution in [0.25, 0.3) is 0 Å². The van der Waals surface area contributed by atoms with Crippen LogP contribution in [0, 0.1) is 5.82 Å². The summed E-state index contributed by atoms with van der Waals surface area (Å²) in [5.41, 5.74) is 1.86. The van der Waals surface area contributed by atoms with E-state index >= 15 is 0 Å². The monoisotopic (exact) mass is 434 g/mol. The van der Waals surface area contributed by atoms with Gasteiger partial charge in [-0.1, -0.05) is 36.4 Å². The van der Waals surface area contributed by atoms with E-state index in [1.165, 1.54) is 12.1 Å². The third-order valence-corrected chi connectivity index (χ3v) is 5.84. The highest BCUT2D eigenvalue weighted by atomic mass is 19.1. The molecule has 0 N–H and O–H groups in total. The summed E-state index contributed by atoms with van der Waals surface area (Å²) in [4.78, 5) is 17.7. The van der Waals surface area contributed by atoms with Crippen molar-refractivity contribution >= 4 is 5.91 Å². The maximum absolute atomic E-state index is 13.7. The van der Waals surface area contributed by atoms with Crippen molar-refractivity contribution in [1.29, 1.82) is 0 Å². The number of nitrogens with zero attached hydrogens (tertiary/aromatic N) is 2. The molecule has 2 aromatic carbocycles. The van der Waals surface area contributed by atoms with Gasteiger partial charge < -0.3 is 14.1 Å². The lowest BCUT2D eigenvalue weighted by atomic mass is 10.0. The molecule has 0 fully saturated rings. The molecule has 1 aromatic heterocycles. The van der Waals surface area contributed by atoms with Crippen LogP contribution < -0.4 is 4.74 Å². The van der Waals surface area contributed by atoms with E-state index < -0.39 is 0 Å². The number of amides is 1. The van der Waals surface area contributed by atoms with E-state index in [2.05, 4.69) is 17.1 Å². The Hall–Kier alpha value is -3.38. The maximum Gasteiger partial charge on any atom is 0.240 e. The van der Waals surface area contributed by atoms with Crippen LogP contribution in [-0.2, 0) is 17.9 Å². The molecule has 0 radical (unpaired) electrons. The largest absolute Gasteiger partial charge is 0.497 e. The van der Waals surface area contributed by atoms with Gasteiger partial charge in [0.15, 0.2) is 0 Å². The predicted molar refractivity (Wildman–Crippen MR) is 120 cm³/mol. The van der Waals surface area contributed by atoms with Gasteiger partial charge in [0, 0.05) is 13.1 Å². The number of halogens is 1. The highest BCUT2D eigenvalue weighted by molar-refractivity contribution is 5.82. The fourth-order valence-electron chi connectivity index (χ4n) is 3.98. The van der Waals surface area contributed by atoms with Crippen molar-refractivity contribution in [2.45, 2.75) is 32.1 Å². The van der Waals surface area contributed by atoms with Gasteiger partial charge in [-0.25, -0.2) is 4.39 Å². The summed E-state index contributed by atoms with van der Waals surface area (Å²) in [5.74, 6) is 1.29. The first kappa shape index (κ1) is 21.8. The number of carbonyl (C=O) groups excluding carboxylic acids is 1. The number of ether oxygens (including phenoxy) is 1. The van der Waals surface area contributed by atoms with Gasteiger partial charge in [0.1, 0.15) is 17.3 Å². The van der Waals surface area contributed by atoms with Crippen LogP contribution in [0.15, 0.2) is 83.5 Å². The Morgan fingerprint density at radius 1 is 1.06 bits per heavy atom. The second-order valence-corrected chi connectivity index (χ2v) is 7.92. The van der Waals surface area contributed by atoms with E-state index in [9.17, 15) is 9.18 Å². The van der Waals surface area contributed by atoms with E-state index in [0.29, 0.717) is 19.6 Å². The molecule has 3 aromatic rings. The molecule has 1 aliphatic heterocycles. The number of methoxy groups -OCH3 is 1. The number of rotatable bonds is 6. The van der Waals surface area contributed by atoms with E-state index in [1.54, 1.807) is 25.5 Å². The normalized spacial score (nSPS) is 20.6. The highest BCUT2D eigenvalue weighted by Crippen LogP contribution is 2.29. The van der Waals surface area contributed by atoms with E-state index in [-0.39, 0.29) is 23.8 Å². The minimum absolute atomic E-state index is 0.00560. The summed E-state index contributed by atoms with van der Waals surface area (Å²) in [6.45, 7) is 3.47. The summed E-state index contributed by atoms with van der Waals surface area (Å²) in [6, 6.07) is 17.2. The van der Waals surface area contributed by atoms with Crippen molar-refractivity contribution in [2.24, 2.45) is 0 Å². The molecule has 6 heteroatoms. The van der Waals surface area contributed by atoms with E-state index in [1.807, 2.05) is 48.2 Å². The molecule has 32 heavy (non-hydrogen) atoms. The zero-order chi connectivity index (χ0) is 22.5. The van der Waals surface area contributed by atoms with Crippen LogP contribution in [-0.4, -0.2) is 35.4 Å². The molecule has 166 valence electrons. The second kappa shape index (κ2) is 9.83. The van der Waals surface area contributed by atoms with Crippen LogP contribution in [0.4, 0.5) is 4.39 Å². The Bertz CT molecular complexity index is 1050. The Morgan fingerprint density at radius 2 is 1.81 bits per heavy atom. The van der Waals surface area contributed by atoms with Crippen molar-refractivity contribution in [3.63, 3.8) is 0 Å². The summed E-state index contributed by atoms with van der Waals surface area (Å²) >= 11 is 0. The molecule has 0 aliphatic carbocycles. The molecule has 2 atom stereocenters. The zero-order valence-corrected chi connectivity index (χ0v) is 18.3. The van der Waals surface area contributed by atoms with Gasteiger partial charge >= 0.3 is 0 Å². The lowest BCUT2D eigenvalue weighted by Gasteiger charge is -2.38. The second-order valence-electron chi connectivity index (χ2n) is 7.92. The molecule has 2 heterocycles. The fraction of sp³-hybridized carbons (Fsp3) is 0.269. The van der Waals surface area contributed by atoms with Gasteiger partial charge in [0.25, 0.3) is 0 Å². The molecule has 0 spiro atoms. The first-order valence-corrected chi connectivity index (χ1v) is 10.7. The minimum atomic E-state index is -0.355. The molecule has 4 rings (SSSR count). The first-order chi connectivity index (χ1) is 15.5. The van der Waals surface area contributed by atoms with Gasteiger partial charge in [-0.3, -0.25) is 9.69 Å². The van der Waals surface area contributed by atoms with Crippen molar-refractivity contribution in [1.82, 2.24) is 9.80 Å². The molecule has 0 bridgehead atoms. The molecule has 0 saturated heterocycles. The third-order valence-electron chi connectivity index (χ3n) is 5.84. The number of benzene rings is 2. The Balaban J connectivity index is 1.67. The number of carbonyl (C=O) groups is 1. The molecule has 1 aliphatic rings. The minimum Gasteiger partial charge on any atom is -0.497 e. The van der Waals surface area contributed by atoms with Crippen LogP contribution in [0.1, 0.15) is 29.9 Å². The summed E-state index contributed by atoms with van der Waals surface area (Å²) in [6.07, 6.45) is 5.80. The molecule has 2 unspecified atom stereocenters. The van der Waals surface area contributed by atoms with Crippen LogP contribution in [0.3, 0.4) is 0 Å². The van der Waals surface area contributed by atoms with Crippen molar-refractivity contribution in [2.75, 3.05) is 13.7 Å². The first-order valence-electron chi connectivity index (χ1n) is 10.7. The predicted octanol–water partition coefficient (Wildman–Crippen LogP) is 4.96. The molecular weight excluding hydrogens is 407 g/mol. The fourth-order valence-corrected chi connectivity index (χ4v) is 3.98. The smallest absolute Gasteiger partial charge is 0.240 e. The summed E-state index contributed by atoms with van der Waals surface area (Å²) < 4.78 is 24.2. The average molecular weight is 435 g/mol. The average Bonchev–Trinajstić information content (AvgIpc) is 3.33. The van der Waals surface area contributed by atoms with Crippen molar-refractivity contribution in [3.8, 4) is 5.75 Å². The number of hydrogen-bond donors (Lipinski definition) is 0. The van der Waals surface area contributed by atoms with Crippen molar-refractivity contribution in [3.05, 3.63) is 102 Å². The summed E-state index contributed by atoms with van der Waals surface area (Å²) in [7, 11) is 1.63. The molecule has 1 amide bonds. The van der Waals surface area contributed by atoms with Crippen LogP contribution >= 0.6 is 0 Å². The van der Waals surface area contributed by atoms with E-state index in [0.717, 1.165) is 22.6 Å². The standard InChI is InChI=1S/C26H27FN2O3/c1-19-26(30)29(17-20-7-11-22(27)12-8-20)25(21-9-13-23(31-2)14-10-21)6-3-15-28(19)18-24-5-4-16-32-24/h3-14,16,19,25H,15,17-18H2,1-2H3/b6-3-. The van der Waals surface area contributed by atoms with Crippen LogP contribution in [0.5, 0.6) is 5.75 Å². The van der Waals surface area contributed by atoms with Crippen LogP contribution in [0.2, 0.25) is 0 Å². The van der Waals surface area contributed by atoms with Gasteiger partial charge in [-0.2, -0.15) is 0 Å². The number of hydrogen-bond acceptors (Lipinski definition) is 4. The Labute approximate surface area is 187 Å². The van der Waals surface area contributed by atoms with Gasteiger partial charge in [-0.15, -0.1) is 0 Å². The molecule has 0 saturated carbocycles. The SMILES string of the molecule is COc1ccc(C2/C=C\CN(Cc3ccco3)C(C)C(=O)N2Cc2ccc(F)cc2)cc1. The molecular formula is C26H27FN2O3. The van der Waals surface area contributed by atoms with Gasteiger partial charge in [0.2, 0.25) is 5.91 Å². The third kappa shape index (κ3) is 4.92. The highest BCUT2D eigenvalue weighted by Gasteiger charge is 2.32. The summed E-state index contributed by atoms with van der Waals surface area (Å²) in [5, 5.41) is 0. The van der Waals surface area contributed by atoms with Gasteiger partial charge in [0.05, 0.1) is 32.0 Å². The topological polar surface area (TPSA) is 45.9 Å². The lowest BCUT2D eigenvalue weighted by Crippen LogP contribution is -2.48. The van der Waals surface area contributed by atoms with E-state index in [4.69, 9.17) is 9.15 Å². The number of furan rings is 1. The Kier molecular flexibility index (Phi) is 6.71. The van der Waals surface area contributed by atoms with Gasteiger partial charge in [-0.05, 0) is 54.4 Å². The maximum atomic E-state index is 13.7. The molecule has 5 nitrogen and oxygen atoms in total. The Morgan fingerprint density at radius 3 is 2.47 bits per heavy atom. The zero-order valence-electron chi connectivity index (χ0n) is 18.3. The van der Waals surface area contributed by atoms with Crippen molar-refractivity contribution < 1.29 is 18.3 Å². The quantitative estimate of drug-likeness (QED) is 0.515.